The first-order valence-electron chi connectivity index (χ1n) is 9.85. The van der Waals surface area contributed by atoms with Gasteiger partial charge in [-0.05, 0) is 48.6 Å². The summed E-state index contributed by atoms with van der Waals surface area (Å²) in [5.74, 6) is 3.46. The Hall–Kier alpha value is -2.56. The van der Waals surface area contributed by atoms with Crippen LogP contribution in [0, 0.1) is 5.92 Å². The molecule has 2 amide bonds. The van der Waals surface area contributed by atoms with Crippen LogP contribution in [0.3, 0.4) is 0 Å². The molecule has 2 fully saturated rings. The summed E-state index contributed by atoms with van der Waals surface area (Å²) in [7, 11) is 0. The number of carbonyl (C=O) groups excluding carboxylic acids is 2. The number of nitrogens with zero attached hydrogens (tertiary/aromatic N) is 1. The van der Waals surface area contributed by atoms with Gasteiger partial charge in [0, 0.05) is 44.0 Å². The molecule has 2 heterocycles. The molecule has 1 aromatic heterocycles. The van der Waals surface area contributed by atoms with Crippen LogP contribution in [-0.2, 0) is 22.6 Å². The minimum absolute atomic E-state index is 0.0199. The van der Waals surface area contributed by atoms with Crippen molar-refractivity contribution in [2.24, 2.45) is 5.92 Å². The Labute approximate surface area is 159 Å². The van der Waals surface area contributed by atoms with E-state index in [2.05, 4.69) is 12.2 Å². The molecule has 1 N–H and O–H groups in total. The number of amides is 2. The monoisotopic (exact) mass is 366 g/mol. The van der Waals surface area contributed by atoms with Crippen LogP contribution in [0.25, 0.3) is 0 Å². The summed E-state index contributed by atoms with van der Waals surface area (Å²) in [5.41, 5.74) is 1.97. The number of anilines is 1. The highest BCUT2D eigenvalue weighted by atomic mass is 16.3. The summed E-state index contributed by atoms with van der Waals surface area (Å²) >= 11 is 0. The first-order chi connectivity index (χ1) is 13.1. The largest absolute Gasteiger partial charge is 0.466 e. The second-order valence-corrected chi connectivity index (χ2v) is 7.72. The molecule has 2 unspecified atom stereocenters. The lowest BCUT2D eigenvalue weighted by molar-refractivity contribution is -0.121. The van der Waals surface area contributed by atoms with Crippen LogP contribution in [0.2, 0.25) is 0 Å². The Balaban J connectivity index is 1.22. The Morgan fingerprint density at radius 1 is 1.22 bits per heavy atom. The molecule has 5 nitrogen and oxygen atoms in total. The molecule has 1 saturated heterocycles. The molecule has 2 atom stereocenters. The topological polar surface area (TPSA) is 62.6 Å². The maximum absolute atomic E-state index is 12.1. The van der Waals surface area contributed by atoms with Crippen LogP contribution < -0.4 is 10.2 Å². The van der Waals surface area contributed by atoms with Gasteiger partial charge in [0.05, 0.1) is 0 Å². The van der Waals surface area contributed by atoms with E-state index in [1.165, 1.54) is 6.42 Å². The van der Waals surface area contributed by atoms with Crippen molar-refractivity contribution in [2.75, 3.05) is 11.4 Å². The highest BCUT2D eigenvalue weighted by Crippen LogP contribution is 2.47. The van der Waals surface area contributed by atoms with Gasteiger partial charge in [0.15, 0.2) is 0 Å². The number of nitrogens with one attached hydrogen (secondary N) is 1. The van der Waals surface area contributed by atoms with E-state index in [1.54, 1.807) is 0 Å². The maximum Gasteiger partial charge on any atom is 0.227 e. The highest BCUT2D eigenvalue weighted by molar-refractivity contribution is 5.95. The average molecular weight is 366 g/mol. The standard InChI is InChI=1S/C22H26N2O3/c1-15-13-19(15)20-10-8-18(27-20)9-11-21(25)23-14-16-4-6-17(7-5-16)24-12-2-3-22(24)26/h4-8,10,15,19H,2-3,9,11-14H2,1H3,(H,23,25). The third kappa shape index (κ3) is 4.24. The third-order valence-electron chi connectivity index (χ3n) is 5.57. The molecule has 5 heteroatoms. The third-order valence-corrected chi connectivity index (χ3v) is 5.57. The number of benzene rings is 1. The molecule has 0 radical (unpaired) electrons. The van der Waals surface area contributed by atoms with Gasteiger partial charge in [-0.15, -0.1) is 0 Å². The normalized spacial score (nSPS) is 21.5. The lowest BCUT2D eigenvalue weighted by Crippen LogP contribution is -2.24. The van der Waals surface area contributed by atoms with E-state index >= 15 is 0 Å². The van der Waals surface area contributed by atoms with Crippen molar-refractivity contribution < 1.29 is 14.0 Å². The average Bonchev–Trinajstić information content (AvgIpc) is 3.06. The number of rotatable bonds is 7. The van der Waals surface area contributed by atoms with Gasteiger partial charge in [0.25, 0.3) is 0 Å². The number of hydrogen-bond donors (Lipinski definition) is 1. The number of aryl methyl sites for hydroxylation is 1. The second kappa shape index (κ2) is 7.59. The zero-order valence-corrected chi connectivity index (χ0v) is 15.7. The van der Waals surface area contributed by atoms with Gasteiger partial charge in [-0.2, -0.15) is 0 Å². The molecule has 2 aromatic rings. The summed E-state index contributed by atoms with van der Waals surface area (Å²) in [4.78, 5) is 25.7. The van der Waals surface area contributed by atoms with Crippen LogP contribution in [0.15, 0.2) is 40.8 Å². The molecule has 27 heavy (non-hydrogen) atoms. The van der Waals surface area contributed by atoms with E-state index in [-0.39, 0.29) is 11.8 Å². The quantitative estimate of drug-likeness (QED) is 0.811. The summed E-state index contributed by atoms with van der Waals surface area (Å²) in [5, 5.41) is 2.95. The van der Waals surface area contributed by atoms with Crippen molar-refractivity contribution in [3.63, 3.8) is 0 Å². The molecule has 0 bridgehead atoms. The molecule has 0 spiro atoms. The van der Waals surface area contributed by atoms with Gasteiger partial charge < -0.3 is 14.6 Å². The SMILES string of the molecule is CC1CC1c1ccc(CCC(=O)NCc2ccc(N3CCCC3=O)cc2)o1. The van der Waals surface area contributed by atoms with Gasteiger partial charge in [-0.25, -0.2) is 0 Å². The van der Waals surface area contributed by atoms with Crippen molar-refractivity contribution in [1.29, 1.82) is 0 Å². The van der Waals surface area contributed by atoms with Crippen molar-refractivity contribution in [3.8, 4) is 0 Å². The van der Waals surface area contributed by atoms with Gasteiger partial charge in [-0.3, -0.25) is 9.59 Å². The Morgan fingerprint density at radius 3 is 2.67 bits per heavy atom. The lowest BCUT2D eigenvalue weighted by atomic mass is 10.2. The van der Waals surface area contributed by atoms with Crippen LogP contribution in [0.4, 0.5) is 5.69 Å². The van der Waals surface area contributed by atoms with Gasteiger partial charge >= 0.3 is 0 Å². The van der Waals surface area contributed by atoms with Crippen molar-refractivity contribution in [1.82, 2.24) is 5.32 Å². The van der Waals surface area contributed by atoms with E-state index in [0.29, 0.717) is 31.7 Å². The lowest BCUT2D eigenvalue weighted by Gasteiger charge is -2.16. The molecule has 1 aliphatic carbocycles. The smallest absolute Gasteiger partial charge is 0.227 e. The second-order valence-electron chi connectivity index (χ2n) is 7.72. The highest BCUT2D eigenvalue weighted by Gasteiger charge is 2.36. The molecule has 1 saturated carbocycles. The first-order valence-corrected chi connectivity index (χ1v) is 9.85. The summed E-state index contributed by atoms with van der Waals surface area (Å²) < 4.78 is 5.85. The fraction of sp³-hybridized carbons (Fsp3) is 0.455. The van der Waals surface area contributed by atoms with Crippen molar-refractivity contribution in [2.45, 2.75) is 51.5 Å². The van der Waals surface area contributed by atoms with Crippen molar-refractivity contribution in [3.05, 3.63) is 53.5 Å². The minimum atomic E-state index is 0.0199. The van der Waals surface area contributed by atoms with Crippen LogP contribution in [0.1, 0.15) is 55.6 Å². The fourth-order valence-corrected chi connectivity index (χ4v) is 3.69. The van der Waals surface area contributed by atoms with Crippen LogP contribution in [-0.4, -0.2) is 18.4 Å². The van der Waals surface area contributed by atoms with Crippen molar-refractivity contribution >= 4 is 17.5 Å². The molecule has 4 rings (SSSR count). The zero-order chi connectivity index (χ0) is 18.8. The molecular formula is C22H26N2O3. The summed E-state index contributed by atoms with van der Waals surface area (Å²) in [6.07, 6.45) is 3.82. The van der Waals surface area contributed by atoms with E-state index in [9.17, 15) is 9.59 Å². The molecule has 1 aliphatic heterocycles. The van der Waals surface area contributed by atoms with E-state index in [4.69, 9.17) is 4.42 Å². The predicted octanol–water partition coefficient (Wildman–Crippen LogP) is 3.78. The Bertz CT molecular complexity index is 824. The minimum Gasteiger partial charge on any atom is -0.466 e. The molecule has 2 aliphatic rings. The molecular weight excluding hydrogens is 340 g/mol. The maximum atomic E-state index is 12.1. The number of carbonyl (C=O) groups is 2. The van der Waals surface area contributed by atoms with E-state index < -0.39 is 0 Å². The summed E-state index contributed by atoms with van der Waals surface area (Å²) in [6, 6.07) is 11.9. The first kappa shape index (κ1) is 17.8. The zero-order valence-electron chi connectivity index (χ0n) is 15.7. The predicted molar refractivity (Wildman–Crippen MR) is 103 cm³/mol. The number of hydrogen-bond acceptors (Lipinski definition) is 3. The summed E-state index contributed by atoms with van der Waals surface area (Å²) in [6.45, 7) is 3.52. The van der Waals surface area contributed by atoms with Crippen LogP contribution >= 0.6 is 0 Å². The number of furan rings is 1. The van der Waals surface area contributed by atoms with E-state index in [1.807, 2.05) is 41.3 Å². The van der Waals surface area contributed by atoms with Gasteiger partial charge in [0.1, 0.15) is 11.5 Å². The van der Waals surface area contributed by atoms with Gasteiger partial charge in [-0.1, -0.05) is 19.1 Å². The Morgan fingerprint density at radius 2 is 2.00 bits per heavy atom. The van der Waals surface area contributed by atoms with Crippen LogP contribution in [0.5, 0.6) is 0 Å². The van der Waals surface area contributed by atoms with Gasteiger partial charge in [0.2, 0.25) is 11.8 Å². The Kier molecular flexibility index (Phi) is 5.01. The molecule has 1 aromatic carbocycles. The van der Waals surface area contributed by atoms with E-state index in [0.717, 1.165) is 41.7 Å². The fourth-order valence-electron chi connectivity index (χ4n) is 3.69. The molecule has 142 valence electrons.